The molecule has 0 atom stereocenters. The van der Waals surface area contributed by atoms with E-state index in [0.29, 0.717) is 18.1 Å². The quantitative estimate of drug-likeness (QED) is 0.241. The minimum atomic E-state index is -0.330. The van der Waals surface area contributed by atoms with E-state index in [4.69, 9.17) is 4.74 Å². The summed E-state index contributed by atoms with van der Waals surface area (Å²) in [5.74, 6) is 0.391. The number of hydrogen-bond donors (Lipinski definition) is 1. The second-order valence-electron chi connectivity index (χ2n) is 12.5. The van der Waals surface area contributed by atoms with E-state index in [1.54, 1.807) is 6.08 Å². The van der Waals surface area contributed by atoms with Crippen LogP contribution in [-0.4, -0.2) is 53.5 Å². The van der Waals surface area contributed by atoms with Gasteiger partial charge in [-0.15, -0.1) is 0 Å². The van der Waals surface area contributed by atoms with Crippen LogP contribution in [0.25, 0.3) is 6.08 Å². The van der Waals surface area contributed by atoms with Crippen LogP contribution < -0.4 is 10.1 Å². The molecule has 1 heterocycles. The molecule has 1 saturated heterocycles. The van der Waals surface area contributed by atoms with Crippen LogP contribution in [0, 0.1) is 20.8 Å². The van der Waals surface area contributed by atoms with Crippen molar-refractivity contribution in [3.63, 3.8) is 0 Å². The van der Waals surface area contributed by atoms with E-state index in [9.17, 15) is 14.4 Å². The molecule has 1 aliphatic rings. The molecule has 0 spiro atoms. The van der Waals surface area contributed by atoms with E-state index in [-0.39, 0.29) is 42.1 Å². The summed E-state index contributed by atoms with van der Waals surface area (Å²) in [5.41, 5.74) is 7.68. The number of imide groups is 1. The molecule has 0 unspecified atom stereocenters. The van der Waals surface area contributed by atoms with Crippen molar-refractivity contribution in [1.29, 1.82) is 0 Å². The molecule has 0 saturated carbocycles. The number of ether oxygens (including phenoxy) is 1. The summed E-state index contributed by atoms with van der Waals surface area (Å²) >= 11 is 0.931. The van der Waals surface area contributed by atoms with Crippen LogP contribution in [0.3, 0.4) is 0 Å². The van der Waals surface area contributed by atoms with Crippen LogP contribution in [0.4, 0.5) is 4.79 Å². The average molecular weight is 614 g/mol. The number of rotatable bonds is 11. The van der Waals surface area contributed by atoms with Crippen molar-refractivity contribution in [3.05, 3.63) is 105 Å². The lowest BCUT2D eigenvalue weighted by molar-refractivity contribution is -0.124. The van der Waals surface area contributed by atoms with Gasteiger partial charge >= 0.3 is 0 Å². The number of nitrogens with one attached hydrogen (secondary N) is 1. The van der Waals surface area contributed by atoms with Crippen LogP contribution in [0.1, 0.15) is 59.7 Å². The van der Waals surface area contributed by atoms with Crippen LogP contribution in [-0.2, 0) is 28.2 Å². The Morgan fingerprint density at radius 2 is 1.64 bits per heavy atom. The molecular formula is C36H43N3O4S. The van der Waals surface area contributed by atoms with Gasteiger partial charge in [-0.25, -0.2) is 0 Å². The molecule has 3 aromatic carbocycles. The Kier molecular flexibility index (Phi) is 10.7. The Bertz CT molecular complexity index is 1530. The summed E-state index contributed by atoms with van der Waals surface area (Å²) in [6.45, 7) is 14.2. The van der Waals surface area contributed by atoms with Gasteiger partial charge in [0.1, 0.15) is 12.4 Å². The third kappa shape index (κ3) is 8.61. The fourth-order valence-electron chi connectivity index (χ4n) is 5.18. The van der Waals surface area contributed by atoms with E-state index in [1.807, 2.05) is 62.2 Å². The smallest absolute Gasteiger partial charge is 0.293 e. The second-order valence-corrected chi connectivity index (χ2v) is 13.5. The van der Waals surface area contributed by atoms with Gasteiger partial charge in [0.25, 0.3) is 11.1 Å². The number of benzene rings is 3. The Morgan fingerprint density at radius 1 is 0.977 bits per heavy atom. The Morgan fingerprint density at radius 3 is 2.27 bits per heavy atom. The summed E-state index contributed by atoms with van der Waals surface area (Å²) in [6, 6.07) is 20.4. The molecule has 1 fully saturated rings. The maximum Gasteiger partial charge on any atom is 0.293 e. The Balaban J connectivity index is 1.24. The van der Waals surface area contributed by atoms with Gasteiger partial charge in [-0.1, -0.05) is 81.4 Å². The molecule has 3 amide bonds. The van der Waals surface area contributed by atoms with Gasteiger partial charge in [0.05, 0.1) is 11.4 Å². The van der Waals surface area contributed by atoms with Crippen molar-refractivity contribution < 1.29 is 19.1 Å². The molecule has 1 aliphatic heterocycles. The molecular weight excluding hydrogens is 570 g/mol. The van der Waals surface area contributed by atoms with E-state index in [0.717, 1.165) is 45.3 Å². The predicted octanol–water partition coefficient (Wildman–Crippen LogP) is 6.77. The summed E-state index contributed by atoms with van der Waals surface area (Å²) in [5, 5.41) is 2.52. The Hall–Kier alpha value is -3.88. The third-order valence-electron chi connectivity index (χ3n) is 7.63. The number of carbonyl (C=O) groups is 3. The van der Waals surface area contributed by atoms with Crippen LogP contribution in [0.2, 0.25) is 0 Å². The fourth-order valence-corrected chi connectivity index (χ4v) is 6.05. The summed E-state index contributed by atoms with van der Waals surface area (Å²) in [7, 11) is 1.89. The lowest BCUT2D eigenvalue weighted by atomic mass is 9.87. The van der Waals surface area contributed by atoms with Crippen molar-refractivity contribution in [2.75, 3.05) is 26.7 Å². The van der Waals surface area contributed by atoms with Crippen LogP contribution in [0.15, 0.2) is 65.6 Å². The fraction of sp³-hybridized carbons (Fsp3) is 0.361. The zero-order chi connectivity index (χ0) is 32.0. The number of likely N-dealkylation sites (N-methyl/N-ethyl adjacent to an activating group) is 1. The van der Waals surface area contributed by atoms with Gasteiger partial charge < -0.3 is 10.1 Å². The van der Waals surface area contributed by atoms with Crippen LogP contribution >= 0.6 is 11.8 Å². The molecule has 0 aromatic heterocycles. The highest BCUT2D eigenvalue weighted by Gasteiger charge is 2.34. The molecule has 0 radical (unpaired) electrons. The molecule has 3 aromatic rings. The topological polar surface area (TPSA) is 79.0 Å². The summed E-state index contributed by atoms with van der Waals surface area (Å²) < 4.78 is 6.18. The SMILES string of the molecule is Cc1ccccc1COc1c(C)cc(CN(C)CC(=O)NCCN2C(=O)S/C(=C/c3ccc(C(C)(C)C)cc3)C2=O)cc1C. The van der Waals surface area contributed by atoms with Crippen molar-refractivity contribution in [3.8, 4) is 5.75 Å². The van der Waals surface area contributed by atoms with Gasteiger partial charge in [0.2, 0.25) is 5.91 Å². The Labute approximate surface area is 265 Å². The predicted molar refractivity (Wildman–Crippen MR) is 179 cm³/mol. The van der Waals surface area contributed by atoms with Gasteiger partial charge in [-0.05, 0) is 90.0 Å². The van der Waals surface area contributed by atoms with Gasteiger partial charge in [0, 0.05) is 19.6 Å². The van der Waals surface area contributed by atoms with Crippen molar-refractivity contribution in [2.45, 2.75) is 60.1 Å². The zero-order valence-corrected chi connectivity index (χ0v) is 27.6. The van der Waals surface area contributed by atoms with E-state index in [1.165, 1.54) is 16.0 Å². The number of thioether (sulfide) groups is 1. The summed E-state index contributed by atoms with van der Waals surface area (Å²) in [4.78, 5) is 41.6. The lowest BCUT2D eigenvalue weighted by Crippen LogP contribution is -2.40. The number of carbonyl (C=O) groups excluding carboxylic acids is 3. The standard InChI is InChI=1S/C36H43N3O4S/c1-24-10-8-9-11-29(24)23-43-33-25(2)18-28(19-26(33)3)21-38(7)22-32(40)37-16-17-39-34(41)31(44-35(39)42)20-27-12-14-30(15-13-27)36(4,5)6/h8-15,18-20H,16-17,21-23H2,1-7H3,(H,37,40)/b31-20+. The molecule has 7 nitrogen and oxygen atoms in total. The minimum Gasteiger partial charge on any atom is -0.488 e. The first-order valence-electron chi connectivity index (χ1n) is 14.9. The van der Waals surface area contributed by atoms with Gasteiger partial charge in [-0.3, -0.25) is 24.2 Å². The number of aryl methyl sites for hydroxylation is 3. The van der Waals surface area contributed by atoms with Crippen molar-refractivity contribution >= 4 is 34.9 Å². The largest absolute Gasteiger partial charge is 0.488 e. The average Bonchev–Trinajstić information content (AvgIpc) is 3.20. The second kappa shape index (κ2) is 14.3. The highest BCUT2D eigenvalue weighted by molar-refractivity contribution is 8.18. The number of hydrogen-bond acceptors (Lipinski definition) is 6. The third-order valence-corrected chi connectivity index (χ3v) is 8.53. The molecule has 1 N–H and O–H groups in total. The van der Waals surface area contributed by atoms with Gasteiger partial charge in [-0.2, -0.15) is 0 Å². The van der Waals surface area contributed by atoms with E-state index < -0.39 is 0 Å². The molecule has 232 valence electrons. The number of amides is 3. The molecule has 0 aliphatic carbocycles. The minimum absolute atomic E-state index is 0.0385. The maximum absolute atomic E-state index is 12.9. The highest BCUT2D eigenvalue weighted by atomic mass is 32.2. The monoisotopic (exact) mass is 613 g/mol. The first kappa shape index (κ1) is 33.0. The number of nitrogens with zero attached hydrogens (tertiary/aromatic N) is 2. The van der Waals surface area contributed by atoms with Crippen molar-refractivity contribution in [1.82, 2.24) is 15.1 Å². The maximum atomic E-state index is 12.9. The normalized spacial score (nSPS) is 14.5. The van der Waals surface area contributed by atoms with E-state index in [2.05, 4.69) is 57.3 Å². The first-order chi connectivity index (χ1) is 20.8. The molecule has 44 heavy (non-hydrogen) atoms. The summed E-state index contributed by atoms with van der Waals surface area (Å²) in [6.07, 6.45) is 1.75. The molecule has 0 bridgehead atoms. The molecule has 8 heteroatoms. The molecule has 4 rings (SSSR count). The van der Waals surface area contributed by atoms with Crippen molar-refractivity contribution in [2.24, 2.45) is 0 Å². The lowest BCUT2D eigenvalue weighted by Gasteiger charge is -2.19. The zero-order valence-electron chi connectivity index (χ0n) is 26.8. The highest BCUT2D eigenvalue weighted by Crippen LogP contribution is 2.32. The van der Waals surface area contributed by atoms with Crippen LogP contribution in [0.5, 0.6) is 5.75 Å². The van der Waals surface area contributed by atoms with Gasteiger partial charge in [0.15, 0.2) is 0 Å². The van der Waals surface area contributed by atoms with E-state index >= 15 is 0 Å². The first-order valence-corrected chi connectivity index (χ1v) is 15.7.